The van der Waals surface area contributed by atoms with Crippen LogP contribution >= 0.6 is 15.9 Å². The Morgan fingerprint density at radius 3 is 2.82 bits per heavy atom. The number of halogens is 1. The van der Waals surface area contributed by atoms with E-state index in [4.69, 9.17) is 4.74 Å². The van der Waals surface area contributed by atoms with Crippen molar-refractivity contribution >= 4 is 21.7 Å². The van der Waals surface area contributed by atoms with Crippen LogP contribution in [-0.2, 0) is 4.74 Å². The Hall–Kier alpha value is -0.680. The van der Waals surface area contributed by atoms with Gasteiger partial charge in [0.1, 0.15) is 16.2 Å². The van der Waals surface area contributed by atoms with E-state index in [0.717, 1.165) is 35.8 Å². The lowest BCUT2D eigenvalue weighted by molar-refractivity contribution is 0.121. The molecule has 2 heterocycles. The number of hydrogen-bond donors (Lipinski definition) is 0. The summed E-state index contributed by atoms with van der Waals surface area (Å²) < 4.78 is 6.23. The van der Waals surface area contributed by atoms with Gasteiger partial charge in [0.25, 0.3) is 0 Å². The van der Waals surface area contributed by atoms with Crippen molar-refractivity contribution in [3.63, 3.8) is 0 Å². The molecule has 1 unspecified atom stereocenters. The normalized spacial score (nSPS) is 20.3. The molecule has 0 aromatic carbocycles. The summed E-state index contributed by atoms with van der Waals surface area (Å²) in [7, 11) is 1.77. The molecule has 0 amide bonds. The van der Waals surface area contributed by atoms with Gasteiger partial charge < -0.3 is 9.64 Å². The fraction of sp³-hybridized carbons (Fsp3) is 0.667. The number of anilines is 1. The average Bonchev–Trinajstić information content (AvgIpc) is 2.76. The Morgan fingerprint density at radius 2 is 2.24 bits per heavy atom. The first-order valence-corrected chi connectivity index (χ1v) is 6.71. The van der Waals surface area contributed by atoms with Crippen LogP contribution in [0.25, 0.3) is 0 Å². The zero-order chi connectivity index (χ0) is 12.4. The Morgan fingerprint density at radius 1 is 1.47 bits per heavy atom. The maximum absolute atomic E-state index is 5.37. The predicted molar refractivity (Wildman–Crippen MR) is 71.4 cm³/mol. The first-order chi connectivity index (χ1) is 8.10. The van der Waals surface area contributed by atoms with E-state index < -0.39 is 0 Å². The molecule has 0 N–H and O–H groups in total. The molecular formula is C12H18BrN3O. The first-order valence-electron chi connectivity index (χ1n) is 5.92. The van der Waals surface area contributed by atoms with Crippen LogP contribution < -0.4 is 4.90 Å². The predicted octanol–water partition coefficient (Wildman–Crippen LogP) is 2.59. The van der Waals surface area contributed by atoms with Crippen LogP contribution in [0.3, 0.4) is 0 Å². The fourth-order valence-electron chi connectivity index (χ4n) is 1.97. The lowest BCUT2D eigenvalue weighted by atomic mass is 10.2. The molecule has 1 atom stereocenters. The van der Waals surface area contributed by atoms with Crippen molar-refractivity contribution in [2.75, 3.05) is 25.1 Å². The van der Waals surface area contributed by atoms with Crippen LogP contribution in [0.15, 0.2) is 10.7 Å². The molecule has 0 aliphatic carbocycles. The summed E-state index contributed by atoms with van der Waals surface area (Å²) in [6.07, 6.45) is 1.39. The highest BCUT2D eigenvalue weighted by molar-refractivity contribution is 9.10. The van der Waals surface area contributed by atoms with Crippen LogP contribution in [0, 0.1) is 0 Å². The van der Waals surface area contributed by atoms with Crippen LogP contribution in [0.5, 0.6) is 0 Å². The maximum atomic E-state index is 5.37. The second-order valence-corrected chi connectivity index (χ2v) is 5.47. The monoisotopic (exact) mass is 299 g/mol. The Balaban J connectivity index is 2.21. The van der Waals surface area contributed by atoms with Crippen molar-refractivity contribution in [1.29, 1.82) is 0 Å². The minimum atomic E-state index is 0.325. The van der Waals surface area contributed by atoms with Crippen molar-refractivity contribution < 1.29 is 4.74 Å². The summed E-state index contributed by atoms with van der Waals surface area (Å²) in [6.45, 7) is 6.12. The molecule has 1 aliphatic heterocycles. The average molecular weight is 300 g/mol. The van der Waals surface area contributed by atoms with Crippen molar-refractivity contribution in [1.82, 2.24) is 9.97 Å². The molecule has 5 heteroatoms. The number of aromatic nitrogens is 2. The summed E-state index contributed by atoms with van der Waals surface area (Å²) in [5, 5.41) is 0. The molecule has 1 aliphatic rings. The molecule has 0 radical (unpaired) electrons. The molecule has 0 bridgehead atoms. The van der Waals surface area contributed by atoms with E-state index in [2.05, 4.69) is 44.6 Å². The maximum Gasteiger partial charge on any atom is 0.134 e. The van der Waals surface area contributed by atoms with E-state index in [1.807, 2.05) is 6.07 Å². The topological polar surface area (TPSA) is 38.2 Å². The van der Waals surface area contributed by atoms with Crippen molar-refractivity contribution in [2.24, 2.45) is 0 Å². The van der Waals surface area contributed by atoms with Gasteiger partial charge in [-0.25, -0.2) is 9.97 Å². The number of hydrogen-bond acceptors (Lipinski definition) is 4. The molecule has 1 aromatic rings. The third-order valence-electron chi connectivity index (χ3n) is 3.02. The van der Waals surface area contributed by atoms with Crippen molar-refractivity contribution in [3.05, 3.63) is 16.5 Å². The van der Waals surface area contributed by atoms with Crippen LogP contribution in [0.4, 0.5) is 5.82 Å². The molecule has 2 rings (SSSR count). The third kappa shape index (κ3) is 2.96. The Bertz CT molecular complexity index is 397. The number of rotatable bonds is 3. The van der Waals surface area contributed by atoms with E-state index in [9.17, 15) is 0 Å². The SMILES string of the molecule is COC1CCN(c2cc(Br)nc(C(C)C)n2)C1. The lowest BCUT2D eigenvalue weighted by Crippen LogP contribution is -2.23. The van der Waals surface area contributed by atoms with Crippen LogP contribution in [0.2, 0.25) is 0 Å². The summed E-state index contributed by atoms with van der Waals surface area (Å²) >= 11 is 3.45. The number of nitrogens with zero attached hydrogens (tertiary/aromatic N) is 3. The van der Waals surface area contributed by atoms with Crippen molar-refractivity contribution in [3.8, 4) is 0 Å². The van der Waals surface area contributed by atoms with E-state index in [0.29, 0.717) is 12.0 Å². The zero-order valence-corrected chi connectivity index (χ0v) is 12.1. The van der Waals surface area contributed by atoms with Gasteiger partial charge in [0.05, 0.1) is 6.10 Å². The second kappa shape index (κ2) is 5.31. The van der Waals surface area contributed by atoms with E-state index >= 15 is 0 Å². The van der Waals surface area contributed by atoms with Crippen LogP contribution in [0.1, 0.15) is 32.0 Å². The Labute approximate surface area is 111 Å². The summed E-state index contributed by atoms with van der Waals surface area (Å²) in [5.74, 6) is 2.22. The molecule has 1 saturated heterocycles. The third-order valence-corrected chi connectivity index (χ3v) is 3.42. The van der Waals surface area contributed by atoms with Gasteiger partial charge in [-0.05, 0) is 22.4 Å². The highest BCUT2D eigenvalue weighted by atomic mass is 79.9. The highest BCUT2D eigenvalue weighted by Gasteiger charge is 2.24. The van der Waals surface area contributed by atoms with Gasteiger partial charge in [-0.3, -0.25) is 0 Å². The van der Waals surface area contributed by atoms with Crippen molar-refractivity contribution in [2.45, 2.75) is 32.3 Å². The molecule has 1 fully saturated rings. The molecule has 4 nitrogen and oxygen atoms in total. The summed E-state index contributed by atoms with van der Waals surface area (Å²) in [6, 6.07) is 1.98. The summed E-state index contributed by atoms with van der Waals surface area (Å²) in [4.78, 5) is 11.3. The smallest absolute Gasteiger partial charge is 0.134 e. The minimum absolute atomic E-state index is 0.325. The molecule has 17 heavy (non-hydrogen) atoms. The minimum Gasteiger partial charge on any atom is -0.380 e. The van der Waals surface area contributed by atoms with E-state index in [-0.39, 0.29) is 0 Å². The first kappa shape index (κ1) is 12.8. The fourth-order valence-corrected chi connectivity index (χ4v) is 2.36. The van der Waals surface area contributed by atoms with Gasteiger partial charge in [-0.1, -0.05) is 13.8 Å². The van der Waals surface area contributed by atoms with E-state index in [1.165, 1.54) is 0 Å². The largest absolute Gasteiger partial charge is 0.380 e. The van der Waals surface area contributed by atoms with Gasteiger partial charge in [0.15, 0.2) is 0 Å². The second-order valence-electron chi connectivity index (χ2n) is 4.65. The summed E-state index contributed by atoms with van der Waals surface area (Å²) in [5.41, 5.74) is 0. The number of ether oxygens (including phenoxy) is 1. The van der Waals surface area contributed by atoms with Gasteiger partial charge in [-0.15, -0.1) is 0 Å². The zero-order valence-electron chi connectivity index (χ0n) is 10.5. The lowest BCUT2D eigenvalue weighted by Gasteiger charge is -2.18. The molecular weight excluding hydrogens is 282 g/mol. The Kier molecular flexibility index (Phi) is 3.99. The van der Waals surface area contributed by atoms with Gasteiger partial charge in [0, 0.05) is 32.2 Å². The van der Waals surface area contributed by atoms with E-state index in [1.54, 1.807) is 7.11 Å². The van der Waals surface area contributed by atoms with Gasteiger partial charge in [-0.2, -0.15) is 0 Å². The van der Waals surface area contributed by atoms with Crippen LogP contribution in [-0.4, -0.2) is 36.3 Å². The highest BCUT2D eigenvalue weighted by Crippen LogP contribution is 2.24. The molecule has 94 valence electrons. The molecule has 0 spiro atoms. The van der Waals surface area contributed by atoms with Gasteiger partial charge >= 0.3 is 0 Å². The van der Waals surface area contributed by atoms with Gasteiger partial charge in [0.2, 0.25) is 0 Å². The standard InChI is InChI=1S/C12H18BrN3O/c1-8(2)12-14-10(13)6-11(15-12)16-5-4-9(7-16)17-3/h6,8-9H,4-5,7H2,1-3H3. The number of methoxy groups -OCH3 is 1. The quantitative estimate of drug-likeness (QED) is 0.804. The molecule has 1 aromatic heterocycles. The molecule has 0 saturated carbocycles.